The number of anilines is 1. The van der Waals surface area contributed by atoms with Gasteiger partial charge >= 0.3 is 0 Å². The van der Waals surface area contributed by atoms with Crippen LogP contribution in [0.2, 0.25) is 10.0 Å². The molecule has 162 valence electrons. The minimum atomic E-state index is -0.398. The van der Waals surface area contributed by atoms with Crippen molar-refractivity contribution in [1.82, 2.24) is 10.6 Å². The second kappa shape index (κ2) is 8.75. The Kier molecular flexibility index (Phi) is 6.26. The number of benzene rings is 1. The zero-order valence-corrected chi connectivity index (χ0v) is 18.3. The number of carbonyl (C=O) groups is 3. The molecule has 6 nitrogen and oxygen atoms in total. The molecular weight excluding hydrogens is 425 g/mol. The topological polar surface area (TPSA) is 87.3 Å². The van der Waals surface area contributed by atoms with Crippen molar-refractivity contribution >= 4 is 46.6 Å². The highest BCUT2D eigenvalue weighted by molar-refractivity contribution is 6.35. The molecule has 0 aromatic heterocycles. The molecule has 4 fully saturated rings. The molecule has 1 aromatic carbocycles. The van der Waals surface area contributed by atoms with Gasteiger partial charge in [-0.05, 0) is 74.5 Å². The van der Waals surface area contributed by atoms with E-state index in [2.05, 4.69) is 16.0 Å². The van der Waals surface area contributed by atoms with E-state index in [1.165, 1.54) is 19.3 Å². The van der Waals surface area contributed by atoms with E-state index in [0.29, 0.717) is 33.5 Å². The lowest BCUT2D eigenvalue weighted by atomic mass is 9.49. The van der Waals surface area contributed by atoms with E-state index in [4.69, 9.17) is 23.2 Å². The molecule has 4 saturated carbocycles. The highest BCUT2D eigenvalue weighted by Gasteiger charge is 2.54. The molecule has 3 N–H and O–H groups in total. The van der Waals surface area contributed by atoms with Gasteiger partial charge in [-0.2, -0.15) is 0 Å². The van der Waals surface area contributed by atoms with Crippen molar-refractivity contribution in [3.63, 3.8) is 0 Å². The van der Waals surface area contributed by atoms with E-state index in [9.17, 15) is 14.4 Å². The van der Waals surface area contributed by atoms with Crippen LogP contribution in [0.4, 0.5) is 5.69 Å². The monoisotopic (exact) mass is 451 g/mol. The molecule has 4 aliphatic carbocycles. The van der Waals surface area contributed by atoms with Gasteiger partial charge in [-0.25, -0.2) is 0 Å². The van der Waals surface area contributed by atoms with E-state index >= 15 is 0 Å². The predicted octanol–water partition coefficient (Wildman–Crippen LogP) is 3.77. The Bertz CT molecular complexity index is 823. The third-order valence-corrected chi connectivity index (χ3v) is 7.37. The summed E-state index contributed by atoms with van der Waals surface area (Å²) in [5.74, 6) is 1.55. The Morgan fingerprint density at radius 2 is 1.57 bits per heavy atom. The van der Waals surface area contributed by atoms with E-state index in [-0.39, 0.29) is 36.7 Å². The first-order valence-corrected chi connectivity index (χ1v) is 11.4. The van der Waals surface area contributed by atoms with Gasteiger partial charge in [0, 0.05) is 23.4 Å². The number of hydrogen-bond acceptors (Lipinski definition) is 3. The molecule has 0 saturated heterocycles. The molecule has 3 amide bonds. The number of nitrogens with one attached hydrogen (secondary N) is 3. The molecule has 0 aliphatic heterocycles. The Morgan fingerprint density at radius 3 is 2.20 bits per heavy atom. The summed E-state index contributed by atoms with van der Waals surface area (Å²) in [7, 11) is 0. The second-order valence-corrected chi connectivity index (χ2v) is 10.00. The number of carbonyl (C=O) groups excluding carboxylic acids is 3. The second-order valence-electron chi connectivity index (χ2n) is 9.15. The molecule has 8 heteroatoms. The molecular formula is C22H27Cl2N3O3. The highest BCUT2D eigenvalue weighted by Crippen LogP contribution is 2.60. The summed E-state index contributed by atoms with van der Waals surface area (Å²) in [5.41, 5.74) is 0.188. The van der Waals surface area contributed by atoms with Crippen LogP contribution in [0.15, 0.2) is 18.2 Å². The SMILES string of the molecule is O=C(CCNC(=O)C12CC3CC(CC(C3)C1)C2)NCC(=O)Nc1cc(Cl)ccc1Cl. The molecule has 0 heterocycles. The maximum Gasteiger partial charge on any atom is 0.243 e. The van der Waals surface area contributed by atoms with Crippen LogP contribution in [-0.4, -0.2) is 30.8 Å². The van der Waals surface area contributed by atoms with Crippen molar-refractivity contribution in [2.45, 2.75) is 44.9 Å². The van der Waals surface area contributed by atoms with Gasteiger partial charge in [0.05, 0.1) is 17.3 Å². The quantitative estimate of drug-likeness (QED) is 0.589. The summed E-state index contributed by atoms with van der Waals surface area (Å²) in [6.45, 7) is 0.110. The van der Waals surface area contributed by atoms with Crippen molar-refractivity contribution in [3.8, 4) is 0 Å². The normalized spacial score (nSPS) is 28.8. The van der Waals surface area contributed by atoms with E-state index < -0.39 is 5.91 Å². The van der Waals surface area contributed by atoms with Gasteiger partial charge in [0.1, 0.15) is 0 Å². The summed E-state index contributed by atoms with van der Waals surface area (Å²) in [6, 6.07) is 4.76. The lowest BCUT2D eigenvalue weighted by Gasteiger charge is -2.55. The fraction of sp³-hybridized carbons (Fsp3) is 0.591. The van der Waals surface area contributed by atoms with Gasteiger partial charge in [0.25, 0.3) is 0 Å². The summed E-state index contributed by atoms with van der Waals surface area (Å²) in [4.78, 5) is 37.0. The van der Waals surface area contributed by atoms with Crippen LogP contribution in [0.5, 0.6) is 0 Å². The molecule has 0 atom stereocenters. The van der Waals surface area contributed by atoms with Gasteiger partial charge in [0.15, 0.2) is 0 Å². The van der Waals surface area contributed by atoms with Crippen LogP contribution < -0.4 is 16.0 Å². The average molecular weight is 452 g/mol. The predicted molar refractivity (Wildman–Crippen MR) is 116 cm³/mol. The van der Waals surface area contributed by atoms with Gasteiger partial charge < -0.3 is 16.0 Å². The number of halogens is 2. The van der Waals surface area contributed by atoms with Crippen LogP contribution in [0.25, 0.3) is 0 Å². The molecule has 5 rings (SSSR count). The molecule has 0 spiro atoms. The molecule has 4 aliphatic rings. The standard InChI is InChI=1S/C22H27Cl2N3O3/c23-16-1-2-17(24)18(8-16)27-20(29)12-26-19(28)3-4-25-21(30)22-9-13-5-14(10-22)7-15(6-13)11-22/h1-2,8,13-15H,3-7,9-12H2,(H,25,30)(H,26,28)(H,27,29). The van der Waals surface area contributed by atoms with Crippen molar-refractivity contribution < 1.29 is 14.4 Å². The first-order chi connectivity index (χ1) is 14.3. The van der Waals surface area contributed by atoms with Crippen molar-refractivity contribution in [1.29, 1.82) is 0 Å². The Balaban J connectivity index is 1.18. The third-order valence-electron chi connectivity index (χ3n) is 6.81. The maximum atomic E-state index is 12.9. The summed E-state index contributed by atoms with van der Waals surface area (Å²) in [5, 5.41) is 8.98. The Hall–Kier alpha value is -1.79. The average Bonchev–Trinajstić information content (AvgIpc) is 2.68. The van der Waals surface area contributed by atoms with Gasteiger partial charge in [0.2, 0.25) is 17.7 Å². The zero-order valence-electron chi connectivity index (χ0n) is 16.8. The first kappa shape index (κ1) is 21.4. The maximum absolute atomic E-state index is 12.9. The van der Waals surface area contributed by atoms with Gasteiger partial charge in [-0.1, -0.05) is 23.2 Å². The fourth-order valence-electron chi connectivity index (χ4n) is 5.92. The van der Waals surface area contributed by atoms with E-state index in [1.54, 1.807) is 18.2 Å². The number of rotatable bonds is 7. The number of hydrogen-bond donors (Lipinski definition) is 3. The van der Waals surface area contributed by atoms with E-state index in [0.717, 1.165) is 19.3 Å². The van der Waals surface area contributed by atoms with Gasteiger partial charge in [-0.15, -0.1) is 0 Å². The highest BCUT2D eigenvalue weighted by atomic mass is 35.5. The lowest BCUT2D eigenvalue weighted by molar-refractivity contribution is -0.146. The third kappa shape index (κ3) is 4.75. The molecule has 30 heavy (non-hydrogen) atoms. The van der Waals surface area contributed by atoms with Crippen LogP contribution in [-0.2, 0) is 14.4 Å². The van der Waals surface area contributed by atoms with Crippen LogP contribution in [0.1, 0.15) is 44.9 Å². The smallest absolute Gasteiger partial charge is 0.243 e. The summed E-state index contributed by atoms with van der Waals surface area (Å²) < 4.78 is 0. The van der Waals surface area contributed by atoms with Crippen molar-refractivity contribution in [2.24, 2.45) is 23.2 Å². The zero-order chi connectivity index (χ0) is 21.3. The largest absolute Gasteiger partial charge is 0.355 e. The minimum Gasteiger partial charge on any atom is -0.355 e. The van der Waals surface area contributed by atoms with Crippen LogP contribution in [0, 0.1) is 23.2 Å². The van der Waals surface area contributed by atoms with Crippen LogP contribution >= 0.6 is 23.2 Å². The number of amides is 3. The van der Waals surface area contributed by atoms with Crippen molar-refractivity contribution in [3.05, 3.63) is 28.2 Å². The van der Waals surface area contributed by atoms with Gasteiger partial charge in [-0.3, -0.25) is 14.4 Å². The Morgan fingerprint density at radius 1 is 0.933 bits per heavy atom. The Labute approximate surface area is 186 Å². The summed E-state index contributed by atoms with van der Waals surface area (Å²) >= 11 is 11.9. The summed E-state index contributed by atoms with van der Waals surface area (Å²) in [6.07, 6.45) is 7.02. The molecule has 1 aromatic rings. The molecule has 4 bridgehead atoms. The molecule has 0 radical (unpaired) electrons. The van der Waals surface area contributed by atoms with Crippen molar-refractivity contribution in [2.75, 3.05) is 18.4 Å². The van der Waals surface area contributed by atoms with E-state index in [1.807, 2.05) is 0 Å². The van der Waals surface area contributed by atoms with Crippen LogP contribution in [0.3, 0.4) is 0 Å². The lowest BCUT2D eigenvalue weighted by Crippen LogP contribution is -2.53. The fourth-order valence-corrected chi connectivity index (χ4v) is 6.26. The minimum absolute atomic E-state index is 0.114. The first-order valence-electron chi connectivity index (χ1n) is 10.6. The molecule has 0 unspecified atom stereocenters.